The van der Waals surface area contributed by atoms with Crippen molar-refractivity contribution >= 4 is 23.7 Å². The lowest BCUT2D eigenvalue weighted by atomic mass is 9.94. The number of methoxy groups -OCH3 is 1. The van der Waals surface area contributed by atoms with Gasteiger partial charge in [0.05, 0.1) is 35.8 Å². The van der Waals surface area contributed by atoms with E-state index in [9.17, 15) is 24.5 Å². The van der Waals surface area contributed by atoms with Crippen LogP contribution >= 0.6 is 0 Å². The van der Waals surface area contributed by atoms with Crippen LogP contribution in [0.3, 0.4) is 0 Å². The Morgan fingerprint density at radius 3 is 2.50 bits per heavy atom. The highest BCUT2D eigenvalue weighted by Crippen LogP contribution is 2.35. The van der Waals surface area contributed by atoms with E-state index >= 15 is 0 Å². The summed E-state index contributed by atoms with van der Waals surface area (Å²) in [6.45, 7) is 3.64. The summed E-state index contributed by atoms with van der Waals surface area (Å²) in [5.74, 6) is -1.17. The molecule has 0 fully saturated rings. The Hall–Kier alpha value is -4.41. The topological polar surface area (TPSA) is 146 Å². The fourth-order valence-corrected chi connectivity index (χ4v) is 3.45. The predicted molar refractivity (Wildman–Crippen MR) is 119 cm³/mol. The summed E-state index contributed by atoms with van der Waals surface area (Å²) in [7, 11) is 1.37. The molecular formula is C23H23N3O8. The Labute approximate surface area is 194 Å². The molecule has 1 heterocycles. The standard InChI is InChI=1S/C23H23N3O8/c1-4-16-19(22(28)33-5-2)20(25-23(29)24-16)13-9-10-17(18(12-13)32-3)34-21(27)14-7-6-8-15(11-14)26(30)31/h6-12,20H,4-5H2,1-3H3,(H2,24,25,29). The van der Waals surface area contributed by atoms with Gasteiger partial charge >= 0.3 is 18.0 Å². The van der Waals surface area contributed by atoms with E-state index in [2.05, 4.69) is 10.6 Å². The molecule has 0 aliphatic carbocycles. The Morgan fingerprint density at radius 2 is 1.85 bits per heavy atom. The third-order valence-corrected chi connectivity index (χ3v) is 5.02. The van der Waals surface area contributed by atoms with Crippen molar-refractivity contribution in [3.8, 4) is 11.5 Å². The van der Waals surface area contributed by atoms with Crippen molar-refractivity contribution in [1.82, 2.24) is 10.6 Å². The molecule has 11 heteroatoms. The van der Waals surface area contributed by atoms with Crippen LogP contribution in [-0.2, 0) is 9.53 Å². The number of ether oxygens (including phenoxy) is 3. The van der Waals surface area contributed by atoms with Crippen LogP contribution in [0, 0.1) is 10.1 Å². The number of nitrogens with zero attached hydrogens (tertiary/aromatic N) is 1. The zero-order chi connectivity index (χ0) is 24.8. The summed E-state index contributed by atoms with van der Waals surface area (Å²) in [4.78, 5) is 47.7. The van der Waals surface area contributed by atoms with Crippen molar-refractivity contribution in [3.63, 3.8) is 0 Å². The highest BCUT2D eigenvalue weighted by molar-refractivity contribution is 5.95. The van der Waals surface area contributed by atoms with Gasteiger partial charge in [0, 0.05) is 17.8 Å². The van der Waals surface area contributed by atoms with Crippen LogP contribution in [-0.4, -0.2) is 36.6 Å². The van der Waals surface area contributed by atoms with Gasteiger partial charge in [-0.05, 0) is 37.1 Å². The molecule has 178 valence electrons. The van der Waals surface area contributed by atoms with Crippen LogP contribution < -0.4 is 20.1 Å². The SMILES string of the molecule is CCOC(=O)C1=C(CC)NC(=O)NC1c1ccc(OC(=O)c2cccc([N+](=O)[O-])c2)c(OC)c1. The third-order valence-electron chi connectivity index (χ3n) is 5.02. The Balaban J connectivity index is 1.94. The number of allylic oxidation sites excluding steroid dienone is 1. The van der Waals surface area contributed by atoms with E-state index in [4.69, 9.17) is 14.2 Å². The first kappa shape index (κ1) is 24.2. The van der Waals surface area contributed by atoms with E-state index in [1.165, 1.54) is 37.4 Å². The molecule has 2 N–H and O–H groups in total. The largest absolute Gasteiger partial charge is 0.493 e. The molecule has 1 aliphatic heterocycles. The summed E-state index contributed by atoms with van der Waals surface area (Å²) in [6, 6.07) is 8.39. The van der Waals surface area contributed by atoms with Crippen molar-refractivity contribution in [2.45, 2.75) is 26.3 Å². The maximum Gasteiger partial charge on any atom is 0.343 e. The van der Waals surface area contributed by atoms with E-state index < -0.39 is 28.9 Å². The number of nitrogens with one attached hydrogen (secondary N) is 2. The molecule has 11 nitrogen and oxygen atoms in total. The Morgan fingerprint density at radius 1 is 1.09 bits per heavy atom. The average molecular weight is 469 g/mol. The van der Waals surface area contributed by atoms with E-state index in [1.807, 2.05) is 0 Å². The van der Waals surface area contributed by atoms with E-state index in [1.54, 1.807) is 19.9 Å². The third kappa shape index (κ3) is 5.14. The molecule has 1 unspecified atom stereocenters. The first-order valence-corrected chi connectivity index (χ1v) is 10.4. The smallest absolute Gasteiger partial charge is 0.343 e. The molecule has 2 aromatic carbocycles. The summed E-state index contributed by atoms with van der Waals surface area (Å²) < 4.78 is 15.9. The number of nitro benzene ring substituents is 1. The van der Waals surface area contributed by atoms with Gasteiger partial charge < -0.3 is 24.8 Å². The van der Waals surface area contributed by atoms with Gasteiger partial charge in [0.15, 0.2) is 11.5 Å². The number of amides is 2. The zero-order valence-corrected chi connectivity index (χ0v) is 18.7. The van der Waals surface area contributed by atoms with Gasteiger partial charge in [-0.1, -0.05) is 19.1 Å². The van der Waals surface area contributed by atoms with Crippen LogP contribution in [0.5, 0.6) is 11.5 Å². The summed E-state index contributed by atoms with van der Waals surface area (Å²) in [5.41, 5.74) is 0.935. The maximum absolute atomic E-state index is 12.6. The van der Waals surface area contributed by atoms with Gasteiger partial charge in [-0.25, -0.2) is 14.4 Å². The van der Waals surface area contributed by atoms with Crippen molar-refractivity contribution < 1.29 is 33.5 Å². The lowest BCUT2D eigenvalue weighted by Gasteiger charge is -2.29. The van der Waals surface area contributed by atoms with Gasteiger partial charge in [-0.2, -0.15) is 0 Å². The summed E-state index contributed by atoms with van der Waals surface area (Å²) in [5, 5.41) is 16.3. The van der Waals surface area contributed by atoms with Gasteiger partial charge in [0.25, 0.3) is 5.69 Å². The van der Waals surface area contributed by atoms with Crippen LogP contribution in [0.15, 0.2) is 53.7 Å². The molecule has 2 amide bonds. The first-order valence-electron chi connectivity index (χ1n) is 10.4. The van der Waals surface area contributed by atoms with Gasteiger partial charge in [0.2, 0.25) is 0 Å². The Kier molecular flexibility index (Phi) is 7.46. The molecule has 0 radical (unpaired) electrons. The number of hydrogen-bond donors (Lipinski definition) is 2. The second kappa shape index (κ2) is 10.5. The molecule has 1 aliphatic rings. The average Bonchev–Trinajstić information content (AvgIpc) is 2.83. The van der Waals surface area contributed by atoms with Crippen molar-refractivity contribution in [1.29, 1.82) is 0 Å². The maximum atomic E-state index is 12.6. The minimum Gasteiger partial charge on any atom is -0.493 e. The number of hydrogen-bond acceptors (Lipinski definition) is 8. The number of benzene rings is 2. The van der Waals surface area contributed by atoms with Gasteiger partial charge in [0.1, 0.15) is 0 Å². The minimum atomic E-state index is -0.821. The highest BCUT2D eigenvalue weighted by atomic mass is 16.6. The molecule has 1 atom stereocenters. The fourth-order valence-electron chi connectivity index (χ4n) is 3.45. The minimum absolute atomic E-state index is 0.00827. The van der Waals surface area contributed by atoms with Crippen LogP contribution in [0.25, 0.3) is 0 Å². The number of non-ortho nitro benzene ring substituents is 1. The van der Waals surface area contributed by atoms with E-state index in [0.717, 1.165) is 6.07 Å². The van der Waals surface area contributed by atoms with Crippen molar-refractivity contribution in [2.75, 3.05) is 13.7 Å². The number of carbonyl (C=O) groups is 3. The Bertz CT molecular complexity index is 1170. The van der Waals surface area contributed by atoms with E-state index in [0.29, 0.717) is 17.7 Å². The van der Waals surface area contributed by atoms with Gasteiger partial charge in [-0.15, -0.1) is 0 Å². The number of nitro groups is 1. The van der Waals surface area contributed by atoms with Crippen molar-refractivity contribution in [2.24, 2.45) is 0 Å². The summed E-state index contributed by atoms with van der Waals surface area (Å²) in [6.07, 6.45) is 0.397. The lowest BCUT2D eigenvalue weighted by molar-refractivity contribution is -0.384. The quantitative estimate of drug-likeness (QED) is 0.259. The molecule has 0 saturated heterocycles. The van der Waals surface area contributed by atoms with Crippen molar-refractivity contribution in [3.05, 3.63) is 75.0 Å². The van der Waals surface area contributed by atoms with Crippen LogP contribution in [0.1, 0.15) is 42.2 Å². The number of esters is 2. The zero-order valence-electron chi connectivity index (χ0n) is 18.7. The van der Waals surface area contributed by atoms with Gasteiger partial charge in [-0.3, -0.25) is 10.1 Å². The second-order valence-electron chi connectivity index (χ2n) is 7.10. The monoisotopic (exact) mass is 469 g/mol. The number of carbonyl (C=O) groups excluding carboxylic acids is 3. The first-order chi connectivity index (χ1) is 16.3. The highest BCUT2D eigenvalue weighted by Gasteiger charge is 2.33. The van der Waals surface area contributed by atoms with Crippen LogP contribution in [0.4, 0.5) is 10.5 Å². The number of rotatable bonds is 8. The van der Waals surface area contributed by atoms with E-state index in [-0.39, 0.29) is 34.9 Å². The second-order valence-corrected chi connectivity index (χ2v) is 7.10. The molecular weight excluding hydrogens is 446 g/mol. The molecule has 34 heavy (non-hydrogen) atoms. The molecule has 2 aromatic rings. The molecule has 0 spiro atoms. The molecule has 0 bridgehead atoms. The molecule has 0 aromatic heterocycles. The molecule has 3 rings (SSSR count). The fraction of sp³-hybridized carbons (Fsp3) is 0.261. The predicted octanol–water partition coefficient (Wildman–Crippen LogP) is 3.40. The number of urea groups is 1. The lowest BCUT2D eigenvalue weighted by Crippen LogP contribution is -2.45. The normalized spacial score (nSPS) is 15.1. The summed E-state index contributed by atoms with van der Waals surface area (Å²) >= 11 is 0. The molecule has 0 saturated carbocycles. The van der Waals surface area contributed by atoms with Crippen LogP contribution in [0.2, 0.25) is 0 Å².